The van der Waals surface area contributed by atoms with E-state index < -0.39 is 0 Å². The number of aromatic nitrogens is 1. The number of urea groups is 1. The summed E-state index contributed by atoms with van der Waals surface area (Å²) in [6.45, 7) is 7.91. The molecule has 84 valence electrons. The van der Waals surface area contributed by atoms with Crippen molar-refractivity contribution >= 4 is 22.5 Å². The first kappa shape index (κ1) is 12.0. The van der Waals surface area contributed by atoms with Crippen molar-refractivity contribution in [3.8, 4) is 0 Å². The molecule has 0 aliphatic carbocycles. The molecule has 0 aromatic carbocycles. The lowest BCUT2D eigenvalue weighted by Crippen LogP contribution is -2.34. The first-order chi connectivity index (χ1) is 7.02. The number of nitrogens with one attached hydrogen (secondary N) is 2. The van der Waals surface area contributed by atoms with Crippen LogP contribution in [0.3, 0.4) is 0 Å². The molecule has 1 aromatic heterocycles. The predicted octanol–water partition coefficient (Wildman–Crippen LogP) is 2.54. The highest BCUT2D eigenvalue weighted by atomic mass is 32.1. The van der Waals surface area contributed by atoms with Crippen LogP contribution in [0.5, 0.6) is 0 Å². The number of amides is 2. The highest BCUT2D eigenvalue weighted by molar-refractivity contribution is 7.15. The van der Waals surface area contributed by atoms with Gasteiger partial charge in [0.2, 0.25) is 0 Å². The number of hydrogen-bond acceptors (Lipinski definition) is 3. The molecular weight excluding hydrogens is 210 g/mol. The Kier molecular flexibility index (Phi) is 4.08. The molecule has 1 heterocycles. The van der Waals surface area contributed by atoms with Crippen LogP contribution in [0.1, 0.15) is 31.3 Å². The second-order valence-corrected chi connectivity index (χ2v) is 4.83. The molecule has 1 aromatic rings. The van der Waals surface area contributed by atoms with Gasteiger partial charge in [-0.1, -0.05) is 6.92 Å². The SMILES string of the molecule is CCc1nc(NC(=O)NC(C)C)sc1C. The summed E-state index contributed by atoms with van der Waals surface area (Å²) < 4.78 is 0. The Hall–Kier alpha value is -1.10. The quantitative estimate of drug-likeness (QED) is 0.833. The monoisotopic (exact) mass is 227 g/mol. The van der Waals surface area contributed by atoms with E-state index in [9.17, 15) is 4.79 Å². The Bertz CT molecular complexity index is 346. The smallest absolute Gasteiger partial charge is 0.321 e. The van der Waals surface area contributed by atoms with Crippen LogP contribution in [0, 0.1) is 6.92 Å². The van der Waals surface area contributed by atoms with Gasteiger partial charge >= 0.3 is 6.03 Å². The zero-order chi connectivity index (χ0) is 11.4. The summed E-state index contributed by atoms with van der Waals surface area (Å²) >= 11 is 1.51. The van der Waals surface area contributed by atoms with Crippen LogP contribution < -0.4 is 10.6 Å². The van der Waals surface area contributed by atoms with Crippen LogP contribution in [-0.4, -0.2) is 17.1 Å². The molecule has 0 saturated heterocycles. The van der Waals surface area contributed by atoms with Gasteiger partial charge in [-0.15, -0.1) is 11.3 Å². The van der Waals surface area contributed by atoms with Crippen molar-refractivity contribution in [3.05, 3.63) is 10.6 Å². The van der Waals surface area contributed by atoms with Gasteiger partial charge < -0.3 is 5.32 Å². The van der Waals surface area contributed by atoms with E-state index in [0.717, 1.165) is 17.0 Å². The number of carbonyl (C=O) groups excluding carboxylic acids is 1. The molecule has 0 unspecified atom stereocenters. The lowest BCUT2D eigenvalue weighted by atomic mass is 10.3. The zero-order valence-corrected chi connectivity index (χ0v) is 10.4. The van der Waals surface area contributed by atoms with Gasteiger partial charge in [0.1, 0.15) is 0 Å². The van der Waals surface area contributed by atoms with Crippen molar-refractivity contribution in [1.82, 2.24) is 10.3 Å². The number of thiazole rings is 1. The molecule has 0 bridgehead atoms. The number of anilines is 1. The normalized spacial score (nSPS) is 10.5. The maximum absolute atomic E-state index is 11.4. The van der Waals surface area contributed by atoms with Crippen molar-refractivity contribution in [2.24, 2.45) is 0 Å². The van der Waals surface area contributed by atoms with E-state index >= 15 is 0 Å². The van der Waals surface area contributed by atoms with Gasteiger partial charge in [0, 0.05) is 10.9 Å². The minimum atomic E-state index is -0.193. The molecule has 2 amide bonds. The van der Waals surface area contributed by atoms with E-state index in [0.29, 0.717) is 5.13 Å². The summed E-state index contributed by atoms with van der Waals surface area (Å²) in [5, 5.41) is 6.15. The third-order valence-corrected chi connectivity index (χ3v) is 2.80. The van der Waals surface area contributed by atoms with Crippen LogP contribution in [0.4, 0.5) is 9.93 Å². The van der Waals surface area contributed by atoms with E-state index in [1.54, 1.807) is 0 Å². The second kappa shape index (κ2) is 5.11. The first-order valence-electron chi connectivity index (χ1n) is 5.06. The van der Waals surface area contributed by atoms with Gasteiger partial charge in [0.05, 0.1) is 5.69 Å². The van der Waals surface area contributed by atoms with E-state index in [2.05, 4.69) is 22.5 Å². The minimum absolute atomic E-state index is 0.136. The molecule has 0 saturated carbocycles. The summed E-state index contributed by atoms with van der Waals surface area (Å²) in [5.74, 6) is 0. The fourth-order valence-electron chi connectivity index (χ4n) is 1.20. The van der Waals surface area contributed by atoms with Gasteiger partial charge in [-0.25, -0.2) is 9.78 Å². The molecule has 4 nitrogen and oxygen atoms in total. The molecule has 2 N–H and O–H groups in total. The van der Waals surface area contributed by atoms with Crippen molar-refractivity contribution in [3.63, 3.8) is 0 Å². The highest BCUT2D eigenvalue weighted by Gasteiger charge is 2.09. The van der Waals surface area contributed by atoms with Crippen molar-refractivity contribution in [2.45, 2.75) is 40.2 Å². The van der Waals surface area contributed by atoms with Crippen LogP contribution >= 0.6 is 11.3 Å². The Morgan fingerprint density at radius 2 is 2.20 bits per heavy atom. The second-order valence-electron chi connectivity index (χ2n) is 3.63. The Morgan fingerprint density at radius 1 is 1.53 bits per heavy atom. The molecule has 0 aliphatic rings. The van der Waals surface area contributed by atoms with Crippen molar-refractivity contribution < 1.29 is 4.79 Å². The predicted molar refractivity (Wildman–Crippen MR) is 63.5 cm³/mol. The molecule has 1 rings (SSSR count). The molecule has 15 heavy (non-hydrogen) atoms. The lowest BCUT2D eigenvalue weighted by molar-refractivity contribution is 0.250. The maximum atomic E-state index is 11.4. The molecule has 0 aliphatic heterocycles. The molecule has 0 radical (unpaired) electrons. The van der Waals surface area contributed by atoms with Gasteiger partial charge in [-0.2, -0.15) is 0 Å². The standard InChI is InChI=1S/C10H17N3OS/c1-5-8-7(4)15-10(12-8)13-9(14)11-6(2)3/h6H,5H2,1-4H3,(H2,11,12,13,14). The Morgan fingerprint density at radius 3 is 2.67 bits per heavy atom. The summed E-state index contributed by atoms with van der Waals surface area (Å²) in [5.41, 5.74) is 1.06. The third-order valence-electron chi connectivity index (χ3n) is 1.87. The number of rotatable bonds is 3. The Labute approximate surface area is 94.1 Å². The Balaban J connectivity index is 2.60. The third kappa shape index (κ3) is 3.51. The average Bonchev–Trinajstić information content (AvgIpc) is 2.44. The van der Waals surface area contributed by atoms with E-state index in [1.165, 1.54) is 11.3 Å². The summed E-state index contributed by atoms with van der Waals surface area (Å²) in [6.07, 6.45) is 0.899. The molecule has 0 fully saturated rings. The lowest BCUT2D eigenvalue weighted by Gasteiger charge is -2.07. The maximum Gasteiger partial charge on any atom is 0.321 e. The molecule has 0 atom stereocenters. The van der Waals surface area contributed by atoms with E-state index in [4.69, 9.17) is 0 Å². The van der Waals surface area contributed by atoms with Crippen LogP contribution in [0.15, 0.2) is 0 Å². The number of carbonyl (C=O) groups is 1. The average molecular weight is 227 g/mol. The van der Waals surface area contributed by atoms with Gasteiger partial charge in [-0.3, -0.25) is 5.32 Å². The zero-order valence-electron chi connectivity index (χ0n) is 9.55. The highest BCUT2D eigenvalue weighted by Crippen LogP contribution is 2.21. The molecular formula is C10H17N3OS. The molecule has 5 heteroatoms. The van der Waals surface area contributed by atoms with Gasteiger partial charge in [0.25, 0.3) is 0 Å². The largest absolute Gasteiger partial charge is 0.336 e. The fraction of sp³-hybridized carbons (Fsp3) is 0.600. The number of aryl methyl sites for hydroxylation is 2. The number of hydrogen-bond donors (Lipinski definition) is 2. The van der Waals surface area contributed by atoms with Gasteiger partial charge in [0.15, 0.2) is 5.13 Å². The van der Waals surface area contributed by atoms with Crippen LogP contribution in [-0.2, 0) is 6.42 Å². The summed E-state index contributed by atoms with van der Waals surface area (Å²) in [7, 11) is 0. The first-order valence-corrected chi connectivity index (χ1v) is 5.88. The number of nitrogens with zero attached hydrogens (tertiary/aromatic N) is 1. The summed E-state index contributed by atoms with van der Waals surface area (Å²) in [6, 6.07) is -0.0573. The van der Waals surface area contributed by atoms with Crippen molar-refractivity contribution in [2.75, 3.05) is 5.32 Å². The fourth-order valence-corrected chi connectivity index (χ4v) is 2.10. The van der Waals surface area contributed by atoms with Gasteiger partial charge in [-0.05, 0) is 27.2 Å². The van der Waals surface area contributed by atoms with Crippen molar-refractivity contribution in [1.29, 1.82) is 0 Å². The minimum Gasteiger partial charge on any atom is -0.336 e. The molecule has 0 spiro atoms. The van der Waals surface area contributed by atoms with E-state index in [-0.39, 0.29) is 12.1 Å². The van der Waals surface area contributed by atoms with Crippen LogP contribution in [0.25, 0.3) is 0 Å². The topological polar surface area (TPSA) is 54.0 Å². The van der Waals surface area contributed by atoms with E-state index in [1.807, 2.05) is 20.8 Å². The summed E-state index contributed by atoms with van der Waals surface area (Å²) in [4.78, 5) is 16.9. The van der Waals surface area contributed by atoms with Crippen LogP contribution in [0.2, 0.25) is 0 Å².